The minimum absolute atomic E-state index is 0.0422. The molecule has 5 unspecified atom stereocenters. The van der Waals surface area contributed by atoms with Gasteiger partial charge in [-0.1, -0.05) is 13.3 Å². The molecule has 0 aliphatic heterocycles. The van der Waals surface area contributed by atoms with Gasteiger partial charge in [-0.05, 0) is 37.5 Å². The SMILES string of the molecule is CCC(F)(C1CC2CCC1C2)C(F)(F)S(=O)O. The predicted molar refractivity (Wildman–Crippen MR) is 58.8 cm³/mol. The fourth-order valence-electron chi connectivity index (χ4n) is 3.63. The zero-order valence-electron chi connectivity index (χ0n) is 9.67. The van der Waals surface area contributed by atoms with Crippen molar-refractivity contribution >= 4 is 11.1 Å². The van der Waals surface area contributed by atoms with Crippen LogP contribution in [0.2, 0.25) is 0 Å². The van der Waals surface area contributed by atoms with Crippen LogP contribution in [0.4, 0.5) is 13.2 Å². The number of rotatable bonds is 4. The van der Waals surface area contributed by atoms with Crippen LogP contribution in [0.25, 0.3) is 0 Å². The third-order valence-corrected chi connectivity index (χ3v) is 5.32. The fourth-order valence-corrected chi connectivity index (χ4v) is 4.22. The Bertz CT molecular complexity index is 337. The lowest BCUT2D eigenvalue weighted by atomic mass is 9.76. The number of hydrogen-bond acceptors (Lipinski definition) is 1. The summed E-state index contributed by atoms with van der Waals surface area (Å²) in [6.45, 7) is 1.33. The van der Waals surface area contributed by atoms with E-state index in [1.807, 2.05) is 0 Å². The lowest BCUT2D eigenvalue weighted by molar-refractivity contribution is -0.121. The summed E-state index contributed by atoms with van der Waals surface area (Å²) in [5.41, 5.74) is -2.84. The smallest absolute Gasteiger partial charge is 0.301 e. The topological polar surface area (TPSA) is 37.3 Å². The van der Waals surface area contributed by atoms with Gasteiger partial charge in [0.25, 0.3) is 0 Å². The summed E-state index contributed by atoms with van der Waals surface area (Å²) in [4.78, 5) is 0. The van der Waals surface area contributed by atoms with E-state index in [0.29, 0.717) is 12.3 Å². The normalized spacial score (nSPS) is 38.1. The Hall–Kier alpha value is -0.100. The number of fused-ring (bicyclic) bond motifs is 2. The molecule has 0 amide bonds. The summed E-state index contributed by atoms with van der Waals surface area (Å²) < 4.78 is 61.3. The fraction of sp³-hybridized carbons (Fsp3) is 1.00. The van der Waals surface area contributed by atoms with Gasteiger partial charge >= 0.3 is 5.25 Å². The van der Waals surface area contributed by atoms with E-state index in [9.17, 15) is 17.4 Å². The first-order chi connectivity index (χ1) is 7.83. The van der Waals surface area contributed by atoms with E-state index in [-0.39, 0.29) is 5.92 Å². The molecule has 2 rings (SSSR count). The molecule has 100 valence electrons. The molecule has 0 spiro atoms. The van der Waals surface area contributed by atoms with Crippen LogP contribution in [0.3, 0.4) is 0 Å². The lowest BCUT2D eigenvalue weighted by Gasteiger charge is -2.39. The molecule has 0 aromatic carbocycles. The molecule has 2 nitrogen and oxygen atoms in total. The van der Waals surface area contributed by atoms with Gasteiger partial charge in [0.2, 0.25) is 11.1 Å². The maximum Gasteiger partial charge on any atom is 0.378 e. The molecule has 0 heterocycles. The zero-order chi connectivity index (χ0) is 12.8. The summed E-state index contributed by atoms with van der Waals surface area (Å²) >= 11 is -3.45. The van der Waals surface area contributed by atoms with Crippen molar-refractivity contribution in [1.82, 2.24) is 0 Å². The molecule has 0 saturated heterocycles. The van der Waals surface area contributed by atoms with Gasteiger partial charge < -0.3 is 4.55 Å². The molecule has 1 N–H and O–H groups in total. The molecule has 6 heteroatoms. The highest BCUT2D eigenvalue weighted by atomic mass is 32.2. The van der Waals surface area contributed by atoms with Crippen LogP contribution < -0.4 is 0 Å². The Morgan fingerprint density at radius 1 is 1.29 bits per heavy atom. The first kappa shape index (κ1) is 13.3. The summed E-state index contributed by atoms with van der Waals surface area (Å²) in [6.07, 6.45) is 2.57. The minimum Gasteiger partial charge on any atom is -0.301 e. The van der Waals surface area contributed by atoms with E-state index in [1.54, 1.807) is 0 Å². The van der Waals surface area contributed by atoms with Crippen molar-refractivity contribution in [2.75, 3.05) is 0 Å². The monoisotopic (exact) mass is 270 g/mol. The Morgan fingerprint density at radius 3 is 2.29 bits per heavy atom. The summed E-state index contributed by atoms with van der Waals surface area (Å²) in [5, 5.41) is -4.17. The standard InChI is InChI=1S/C11H17F3O2S/c1-2-10(12,11(13,14)17(15)16)9-6-7-3-4-8(9)5-7/h7-9H,2-6H2,1H3,(H,15,16). The quantitative estimate of drug-likeness (QED) is 0.795. The van der Waals surface area contributed by atoms with Crippen LogP contribution >= 0.6 is 0 Å². The summed E-state index contributed by atoms with van der Waals surface area (Å²) in [6, 6.07) is 0. The largest absolute Gasteiger partial charge is 0.378 e. The maximum atomic E-state index is 14.6. The van der Waals surface area contributed by atoms with Crippen molar-refractivity contribution in [1.29, 1.82) is 0 Å². The second-order valence-electron chi connectivity index (χ2n) is 5.26. The molecule has 2 aliphatic rings. The van der Waals surface area contributed by atoms with Crippen molar-refractivity contribution in [3.8, 4) is 0 Å². The summed E-state index contributed by atoms with van der Waals surface area (Å²) in [5.74, 6) is -0.480. The first-order valence-electron chi connectivity index (χ1n) is 6.00. The number of halogens is 3. The van der Waals surface area contributed by atoms with Gasteiger partial charge in [-0.15, -0.1) is 0 Å². The van der Waals surface area contributed by atoms with E-state index in [4.69, 9.17) is 4.55 Å². The van der Waals surface area contributed by atoms with Crippen molar-refractivity contribution in [3.63, 3.8) is 0 Å². The predicted octanol–water partition coefficient (Wildman–Crippen LogP) is 3.36. The second-order valence-corrected chi connectivity index (χ2v) is 6.27. The molecular weight excluding hydrogens is 253 g/mol. The molecule has 0 radical (unpaired) electrons. The number of alkyl halides is 3. The van der Waals surface area contributed by atoms with Gasteiger partial charge in [0, 0.05) is 5.92 Å². The van der Waals surface area contributed by atoms with E-state index < -0.39 is 34.3 Å². The molecule has 2 saturated carbocycles. The minimum atomic E-state index is -4.17. The van der Waals surface area contributed by atoms with Gasteiger partial charge in [0.1, 0.15) is 0 Å². The van der Waals surface area contributed by atoms with Crippen LogP contribution in [-0.2, 0) is 11.1 Å². The Labute approximate surface area is 101 Å². The molecule has 2 fully saturated rings. The molecule has 0 aromatic rings. The highest BCUT2D eigenvalue weighted by Gasteiger charge is 2.65. The van der Waals surface area contributed by atoms with Gasteiger partial charge in [0.15, 0.2) is 5.67 Å². The highest BCUT2D eigenvalue weighted by molar-refractivity contribution is 7.80. The molecular formula is C11H17F3O2S. The van der Waals surface area contributed by atoms with Crippen LogP contribution in [0.15, 0.2) is 0 Å². The highest BCUT2D eigenvalue weighted by Crippen LogP contribution is 2.58. The van der Waals surface area contributed by atoms with Gasteiger partial charge in [0.05, 0.1) is 0 Å². The van der Waals surface area contributed by atoms with E-state index >= 15 is 0 Å². The van der Waals surface area contributed by atoms with Crippen LogP contribution in [-0.4, -0.2) is 19.7 Å². The molecule has 5 atom stereocenters. The third-order valence-electron chi connectivity index (χ3n) is 4.54. The zero-order valence-corrected chi connectivity index (χ0v) is 10.5. The van der Waals surface area contributed by atoms with Gasteiger partial charge in [-0.2, -0.15) is 8.78 Å². The number of hydrogen-bond donors (Lipinski definition) is 1. The lowest BCUT2D eigenvalue weighted by Crippen LogP contribution is -2.53. The van der Waals surface area contributed by atoms with E-state index in [1.165, 1.54) is 6.92 Å². The van der Waals surface area contributed by atoms with Crippen molar-refractivity contribution < 1.29 is 21.9 Å². The molecule has 0 aromatic heterocycles. The third kappa shape index (κ3) is 1.84. The van der Waals surface area contributed by atoms with Crippen molar-refractivity contribution in [3.05, 3.63) is 0 Å². The van der Waals surface area contributed by atoms with Crippen molar-refractivity contribution in [2.24, 2.45) is 17.8 Å². The van der Waals surface area contributed by atoms with Crippen LogP contribution in [0.1, 0.15) is 39.0 Å². The van der Waals surface area contributed by atoms with Crippen LogP contribution in [0, 0.1) is 17.8 Å². The average Bonchev–Trinajstić information content (AvgIpc) is 2.89. The van der Waals surface area contributed by atoms with E-state index in [0.717, 1.165) is 19.3 Å². The maximum absolute atomic E-state index is 14.6. The Morgan fingerprint density at radius 2 is 1.94 bits per heavy atom. The molecule has 17 heavy (non-hydrogen) atoms. The molecule has 2 aliphatic carbocycles. The molecule has 2 bridgehead atoms. The van der Waals surface area contributed by atoms with E-state index in [2.05, 4.69) is 0 Å². The Balaban J connectivity index is 2.28. The average molecular weight is 270 g/mol. The van der Waals surface area contributed by atoms with Crippen LogP contribution in [0.5, 0.6) is 0 Å². The Kier molecular flexibility index (Phi) is 3.32. The van der Waals surface area contributed by atoms with Crippen molar-refractivity contribution in [2.45, 2.75) is 50.0 Å². The van der Waals surface area contributed by atoms with Gasteiger partial charge in [-0.3, -0.25) is 0 Å². The second kappa shape index (κ2) is 4.23. The van der Waals surface area contributed by atoms with Gasteiger partial charge in [-0.25, -0.2) is 8.60 Å². The first-order valence-corrected chi connectivity index (χ1v) is 7.11. The summed E-state index contributed by atoms with van der Waals surface area (Å²) in [7, 11) is 0.